The molecule has 5 heteroatoms. The van der Waals surface area contributed by atoms with Gasteiger partial charge in [-0.2, -0.15) is 0 Å². The quantitative estimate of drug-likeness (QED) is 0.199. The van der Waals surface area contributed by atoms with Crippen molar-refractivity contribution in [1.29, 1.82) is 0 Å². The number of carboxylic acids is 1. The second-order valence-corrected chi connectivity index (χ2v) is 10.2. The summed E-state index contributed by atoms with van der Waals surface area (Å²) in [5.74, 6) is 0.899. The van der Waals surface area contributed by atoms with Crippen LogP contribution in [0.25, 0.3) is 49.7 Å². The zero-order valence-electron chi connectivity index (χ0n) is 23.1. The summed E-state index contributed by atoms with van der Waals surface area (Å²) in [4.78, 5) is 10.9. The van der Waals surface area contributed by atoms with Gasteiger partial charge in [0.1, 0.15) is 11.5 Å². The van der Waals surface area contributed by atoms with Crippen molar-refractivity contribution in [2.24, 2.45) is 0 Å². The summed E-state index contributed by atoms with van der Waals surface area (Å²) in [6, 6.07) is 38.0. The fraction of sp³-hybridized carbons (Fsp3) is 0.139. The summed E-state index contributed by atoms with van der Waals surface area (Å²) in [6.07, 6.45) is 1.55. The van der Waals surface area contributed by atoms with Crippen LogP contribution >= 0.6 is 0 Å². The summed E-state index contributed by atoms with van der Waals surface area (Å²) < 4.78 is 13.3. The Kier molecular flexibility index (Phi) is 7.17. The normalized spacial score (nSPS) is 11.2. The lowest BCUT2D eigenvalue weighted by Gasteiger charge is -2.10. The van der Waals surface area contributed by atoms with Gasteiger partial charge in [-0.1, -0.05) is 48.5 Å². The van der Waals surface area contributed by atoms with E-state index in [0.717, 1.165) is 73.2 Å². The third kappa shape index (κ3) is 5.27. The second kappa shape index (κ2) is 11.2. The van der Waals surface area contributed by atoms with E-state index in [0.29, 0.717) is 6.42 Å². The van der Waals surface area contributed by atoms with Crippen LogP contribution in [0.2, 0.25) is 0 Å². The molecule has 0 saturated carbocycles. The molecule has 6 aromatic rings. The number of benzene rings is 5. The van der Waals surface area contributed by atoms with Crippen molar-refractivity contribution in [3.8, 4) is 39.4 Å². The SMILES string of the molecule is COc1cccc(-c2ccc3c(c2)c2cc(-c4cccc(OC)c4)ccc2n3-c2ccc(CCCC(=O)O)cc2)c1. The molecule has 0 radical (unpaired) electrons. The number of carboxylic acid groups (broad SMARTS) is 1. The monoisotopic (exact) mass is 541 g/mol. The van der Waals surface area contributed by atoms with E-state index in [4.69, 9.17) is 14.6 Å². The third-order valence-electron chi connectivity index (χ3n) is 7.62. The molecule has 0 bridgehead atoms. The Balaban J connectivity index is 1.51. The average Bonchev–Trinajstić information content (AvgIpc) is 3.34. The first-order chi connectivity index (χ1) is 20.0. The van der Waals surface area contributed by atoms with Crippen molar-refractivity contribution in [2.45, 2.75) is 19.3 Å². The highest BCUT2D eigenvalue weighted by atomic mass is 16.5. The van der Waals surface area contributed by atoms with E-state index >= 15 is 0 Å². The van der Waals surface area contributed by atoms with Crippen molar-refractivity contribution in [3.05, 3.63) is 115 Å². The van der Waals surface area contributed by atoms with E-state index in [1.54, 1.807) is 14.2 Å². The lowest BCUT2D eigenvalue weighted by atomic mass is 10.00. The van der Waals surface area contributed by atoms with Gasteiger partial charge in [0.2, 0.25) is 0 Å². The highest BCUT2D eigenvalue weighted by Gasteiger charge is 2.15. The predicted molar refractivity (Wildman–Crippen MR) is 165 cm³/mol. The zero-order chi connectivity index (χ0) is 28.3. The highest BCUT2D eigenvalue weighted by molar-refractivity contribution is 6.11. The van der Waals surface area contributed by atoms with Crippen LogP contribution in [-0.4, -0.2) is 29.9 Å². The molecule has 5 aromatic carbocycles. The van der Waals surface area contributed by atoms with Crippen LogP contribution in [-0.2, 0) is 11.2 Å². The van der Waals surface area contributed by atoms with Gasteiger partial charge < -0.3 is 19.1 Å². The molecule has 0 saturated heterocycles. The van der Waals surface area contributed by atoms with Crippen LogP contribution in [0.4, 0.5) is 0 Å². The van der Waals surface area contributed by atoms with Gasteiger partial charge in [0, 0.05) is 22.9 Å². The maximum atomic E-state index is 10.9. The molecule has 0 fully saturated rings. The number of rotatable bonds is 9. The molecule has 1 heterocycles. The molecular formula is C36H31NO4. The zero-order valence-corrected chi connectivity index (χ0v) is 23.1. The number of aryl methyl sites for hydroxylation is 1. The molecule has 1 N–H and O–H groups in total. The number of carbonyl (C=O) groups is 1. The molecule has 0 aliphatic carbocycles. The van der Waals surface area contributed by atoms with Crippen molar-refractivity contribution in [3.63, 3.8) is 0 Å². The lowest BCUT2D eigenvalue weighted by Crippen LogP contribution is -1.97. The van der Waals surface area contributed by atoms with Crippen LogP contribution in [0, 0.1) is 0 Å². The van der Waals surface area contributed by atoms with Gasteiger partial charge in [-0.15, -0.1) is 0 Å². The van der Waals surface area contributed by atoms with Crippen LogP contribution in [0.5, 0.6) is 11.5 Å². The number of ether oxygens (including phenoxy) is 2. The molecule has 0 amide bonds. The van der Waals surface area contributed by atoms with E-state index in [2.05, 4.69) is 89.5 Å². The minimum Gasteiger partial charge on any atom is -0.497 e. The fourth-order valence-corrected chi connectivity index (χ4v) is 5.52. The summed E-state index contributed by atoms with van der Waals surface area (Å²) in [5.41, 5.74) is 8.88. The molecule has 5 nitrogen and oxygen atoms in total. The molecule has 0 atom stereocenters. The Morgan fingerprint density at radius 2 is 1.17 bits per heavy atom. The molecule has 1 aromatic heterocycles. The van der Waals surface area contributed by atoms with Gasteiger partial charge in [0.15, 0.2) is 0 Å². The minimum absolute atomic E-state index is 0.180. The van der Waals surface area contributed by atoms with E-state index in [1.807, 2.05) is 24.3 Å². The number of aromatic nitrogens is 1. The fourth-order valence-electron chi connectivity index (χ4n) is 5.52. The van der Waals surface area contributed by atoms with E-state index in [9.17, 15) is 4.79 Å². The number of fused-ring (bicyclic) bond motifs is 3. The van der Waals surface area contributed by atoms with Crippen LogP contribution < -0.4 is 9.47 Å². The van der Waals surface area contributed by atoms with Crippen molar-refractivity contribution in [1.82, 2.24) is 4.57 Å². The maximum Gasteiger partial charge on any atom is 0.303 e. The number of hydrogen-bond donors (Lipinski definition) is 1. The molecule has 0 unspecified atom stereocenters. The number of methoxy groups -OCH3 is 2. The van der Waals surface area contributed by atoms with Gasteiger partial charge in [-0.25, -0.2) is 0 Å². The van der Waals surface area contributed by atoms with Crippen LogP contribution in [0.3, 0.4) is 0 Å². The average molecular weight is 542 g/mol. The second-order valence-electron chi connectivity index (χ2n) is 10.2. The van der Waals surface area contributed by atoms with Gasteiger partial charge in [0.05, 0.1) is 25.3 Å². The largest absolute Gasteiger partial charge is 0.497 e. The molecule has 0 aliphatic heterocycles. The van der Waals surface area contributed by atoms with Crippen molar-refractivity contribution in [2.75, 3.05) is 14.2 Å². The Morgan fingerprint density at radius 3 is 1.66 bits per heavy atom. The van der Waals surface area contributed by atoms with Crippen molar-refractivity contribution < 1.29 is 19.4 Å². The first-order valence-corrected chi connectivity index (χ1v) is 13.7. The predicted octanol–water partition coefficient (Wildman–Crippen LogP) is 8.54. The van der Waals surface area contributed by atoms with Crippen LogP contribution in [0.15, 0.2) is 109 Å². The van der Waals surface area contributed by atoms with Crippen LogP contribution in [0.1, 0.15) is 18.4 Å². The van der Waals surface area contributed by atoms with Gasteiger partial charge in [-0.05, 0) is 101 Å². The van der Waals surface area contributed by atoms with Gasteiger partial charge in [0.25, 0.3) is 0 Å². The summed E-state index contributed by atoms with van der Waals surface area (Å²) in [5, 5.41) is 11.3. The Bertz CT molecular complexity index is 1760. The highest BCUT2D eigenvalue weighted by Crippen LogP contribution is 2.38. The molecule has 41 heavy (non-hydrogen) atoms. The van der Waals surface area contributed by atoms with Crippen molar-refractivity contribution >= 4 is 27.8 Å². The number of aliphatic carboxylic acids is 1. The van der Waals surface area contributed by atoms with E-state index < -0.39 is 5.97 Å². The Labute approximate surface area is 239 Å². The standard InChI is InChI=1S/C36H31NO4/c1-40-30-9-4-7-25(20-30)27-14-18-34-32(22-27)33-23-28(26-8-5-10-31(21-26)41-2)15-19-35(33)37(34)29-16-12-24(13-17-29)6-3-11-36(38)39/h4-5,7-10,12-23H,3,6,11H2,1-2H3,(H,38,39). The van der Waals surface area contributed by atoms with Gasteiger partial charge >= 0.3 is 5.97 Å². The Hall–Kier alpha value is -5.03. The maximum absolute atomic E-state index is 10.9. The molecule has 204 valence electrons. The first-order valence-electron chi connectivity index (χ1n) is 13.7. The number of nitrogens with zero attached hydrogens (tertiary/aromatic N) is 1. The lowest BCUT2D eigenvalue weighted by molar-refractivity contribution is -0.137. The summed E-state index contributed by atoms with van der Waals surface area (Å²) >= 11 is 0. The number of hydrogen-bond acceptors (Lipinski definition) is 3. The summed E-state index contributed by atoms with van der Waals surface area (Å²) in [6.45, 7) is 0. The third-order valence-corrected chi connectivity index (χ3v) is 7.62. The molecule has 0 aliphatic rings. The van der Waals surface area contributed by atoms with E-state index in [1.165, 1.54) is 0 Å². The molecular weight excluding hydrogens is 510 g/mol. The van der Waals surface area contributed by atoms with Gasteiger partial charge in [-0.3, -0.25) is 4.79 Å². The summed E-state index contributed by atoms with van der Waals surface area (Å²) in [7, 11) is 3.38. The first kappa shape index (κ1) is 26.2. The minimum atomic E-state index is -0.756. The van der Waals surface area contributed by atoms with E-state index in [-0.39, 0.29) is 6.42 Å². The smallest absolute Gasteiger partial charge is 0.303 e. The topological polar surface area (TPSA) is 60.7 Å². The Morgan fingerprint density at radius 1 is 0.659 bits per heavy atom. The molecule has 0 spiro atoms. The molecule has 6 rings (SSSR count).